The highest BCUT2D eigenvalue weighted by molar-refractivity contribution is 5.41. The molecule has 2 rings (SSSR count). The molecule has 1 fully saturated rings. The predicted molar refractivity (Wildman–Crippen MR) is 80.4 cm³/mol. The van der Waals surface area contributed by atoms with Crippen molar-refractivity contribution in [2.75, 3.05) is 14.2 Å². The number of rotatable bonds is 5. The van der Waals surface area contributed by atoms with Gasteiger partial charge in [-0.2, -0.15) is 0 Å². The summed E-state index contributed by atoms with van der Waals surface area (Å²) in [6.07, 6.45) is 5.68. The van der Waals surface area contributed by atoms with E-state index in [0.29, 0.717) is 12.1 Å². The van der Waals surface area contributed by atoms with Gasteiger partial charge in [-0.25, -0.2) is 0 Å². The maximum atomic E-state index is 5.99. The van der Waals surface area contributed by atoms with E-state index in [-0.39, 0.29) is 6.10 Å². The van der Waals surface area contributed by atoms with Gasteiger partial charge in [-0.15, -0.1) is 0 Å². The van der Waals surface area contributed by atoms with Crippen LogP contribution in [0.5, 0.6) is 5.75 Å². The lowest BCUT2D eigenvalue weighted by molar-refractivity contribution is 0.0335. The topological polar surface area (TPSA) is 43.4 Å². The van der Waals surface area contributed by atoms with Gasteiger partial charge >= 0.3 is 0 Å². The number of ether oxygens (including phenoxy) is 2. The van der Waals surface area contributed by atoms with E-state index in [1.165, 1.54) is 0 Å². The quantitative estimate of drug-likeness (QED) is 0.898. The highest BCUT2D eigenvalue weighted by Gasteiger charge is 2.29. The maximum Gasteiger partial charge on any atom is 0.128 e. The Morgan fingerprint density at radius 3 is 2.75 bits per heavy atom. The van der Waals surface area contributed by atoms with Crippen LogP contribution in [0.1, 0.15) is 36.6 Å². The Morgan fingerprint density at radius 2 is 2.20 bits per heavy atom. The number of hydrogen-bond donors (Lipinski definition) is 1. The second-order valence-electron chi connectivity index (χ2n) is 5.71. The Labute approximate surface area is 121 Å². The molecular weight excluding hydrogens is 252 g/mol. The van der Waals surface area contributed by atoms with Crippen molar-refractivity contribution in [1.29, 1.82) is 0 Å². The first kappa shape index (κ1) is 15.3. The molecule has 3 unspecified atom stereocenters. The van der Waals surface area contributed by atoms with E-state index in [4.69, 9.17) is 9.47 Å². The number of methoxy groups -OCH3 is 1. The zero-order valence-electron chi connectivity index (χ0n) is 13.2. The fraction of sp³-hybridized carbons (Fsp3) is 0.688. The highest BCUT2D eigenvalue weighted by Crippen LogP contribution is 2.27. The molecule has 112 valence electrons. The van der Waals surface area contributed by atoms with Gasteiger partial charge in [0.15, 0.2) is 0 Å². The number of likely N-dealkylation sites (N-methyl/N-ethyl adjacent to an activating group) is 1. The van der Waals surface area contributed by atoms with Crippen molar-refractivity contribution in [2.45, 2.75) is 58.3 Å². The molecule has 4 heteroatoms. The molecular formula is C16H26N2O2. The lowest BCUT2D eigenvalue weighted by Crippen LogP contribution is -2.39. The van der Waals surface area contributed by atoms with Crippen molar-refractivity contribution in [3.8, 4) is 5.75 Å². The average Bonchev–Trinajstić information content (AvgIpc) is 2.85. The third-order valence-corrected chi connectivity index (χ3v) is 4.25. The van der Waals surface area contributed by atoms with Crippen LogP contribution in [0.4, 0.5) is 0 Å². The van der Waals surface area contributed by atoms with Gasteiger partial charge in [-0.1, -0.05) is 0 Å². The van der Waals surface area contributed by atoms with Crippen LogP contribution in [0.15, 0.2) is 6.20 Å². The second-order valence-corrected chi connectivity index (χ2v) is 5.71. The maximum absolute atomic E-state index is 5.99. The number of aromatic nitrogens is 1. The van der Waals surface area contributed by atoms with E-state index >= 15 is 0 Å². The molecule has 0 saturated carbocycles. The molecule has 0 spiro atoms. The van der Waals surface area contributed by atoms with Gasteiger partial charge < -0.3 is 14.8 Å². The summed E-state index contributed by atoms with van der Waals surface area (Å²) in [4.78, 5) is 4.59. The number of hydrogen-bond acceptors (Lipinski definition) is 4. The van der Waals surface area contributed by atoms with E-state index in [1.807, 2.05) is 20.2 Å². The zero-order valence-corrected chi connectivity index (χ0v) is 13.2. The largest absolute Gasteiger partial charge is 0.496 e. The molecule has 1 aliphatic heterocycles. The minimum Gasteiger partial charge on any atom is -0.496 e. The van der Waals surface area contributed by atoms with Gasteiger partial charge in [-0.05, 0) is 40.7 Å². The number of pyridine rings is 1. The molecule has 0 amide bonds. The zero-order chi connectivity index (χ0) is 14.7. The van der Waals surface area contributed by atoms with E-state index in [9.17, 15) is 0 Å². The number of nitrogens with one attached hydrogen (secondary N) is 1. The smallest absolute Gasteiger partial charge is 0.128 e. The summed E-state index contributed by atoms with van der Waals surface area (Å²) in [5.74, 6) is 0.950. The summed E-state index contributed by atoms with van der Waals surface area (Å²) in [6, 6.07) is 0.304. The Bertz CT molecular complexity index is 462. The van der Waals surface area contributed by atoms with Crippen molar-refractivity contribution < 1.29 is 9.47 Å². The minimum atomic E-state index is 0.281. The Morgan fingerprint density at radius 1 is 1.45 bits per heavy atom. The van der Waals surface area contributed by atoms with Gasteiger partial charge in [0.25, 0.3) is 0 Å². The molecule has 0 radical (unpaired) electrons. The molecule has 1 N–H and O–H groups in total. The Kier molecular flexibility index (Phi) is 5.00. The molecule has 0 bridgehead atoms. The number of nitrogens with zero attached hydrogens (tertiary/aromatic N) is 1. The molecule has 0 aromatic carbocycles. The molecule has 1 aromatic heterocycles. The first-order chi connectivity index (χ1) is 9.56. The van der Waals surface area contributed by atoms with Crippen LogP contribution in [0.25, 0.3) is 0 Å². The third-order valence-electron chi connectivity index (χ3n) is 4.25. The van der Waals surface area contributed by atoms with Gasteiger partial charge in [0.2, 0.25) is 0 Å². The Hall–Kier alpha value is -1.13. The summed E-state index contributed by atoms with van der Waals surface area (Å²) in [7, 11) is 3.72. The summed E-state index contributed by atoms with van der Waals surface area (Å²) < 4.78 is 11.5. The monoisotopic (exact) mass is 278 g/mol. The van der Waals surface area contributed by atoms with E-state index < -0.39 is 0 Å². The lowest BCUT2D eigenvalue weighted by atomic mass is 9.99. The Balaban J connectivity index is 2.15. The molecule has 1 aromatic rings. The minimum absolute atomic E-state index is 0.281. The first-order valence-corrected chi connectivity index (χ1v) is 7.38. The summed E-state index contributed by atoms with van der Waals surface area (Å²) in [5.41, 5.74) is 3.31. The van der Waals surface area contributed by atoms with Crippen LogP contribution in [0, 0.1) is 13.8 Å². The molecule has 3 atom stereocenters. The van der Waals surface area contributed by atoms with Crippen LogP contribution in [0.3, 0.4) is 0 Å². The molecule has 4 nitrogen and oxygen atoms in total. The molecule has 2 heterocycles. The normalized spacial score (nSPS) is 23.9. The molecule has 1 aliphatic rings. The summed E-state index contributed by atoms with van der Waals surface area (Å²) in [5, 5.41) is 3.39. The second kappa shape index (κ2) is 6.55. The highest BCUT2D eigenvalue weighted by atomic mass is 16.5. The van der Waals surface area contributed by atoms with Gasteiger partial charge in [-0.3, -0.25) is 4.98 Å². The van der Waals surface area contributed by atoms with E-state index in [2.05, 4.69) is 24.1 Å². The van der Waals surface area contributed by atoms with Crippen LogP contribution < -0.4 is 10.1 Å². The van der Waals surface area contributed by atoms with Gasteiger partial charge in [0.1, 0.15) is 5.75 Å². The van der Waals surface area contributed by atoms with Gasteiger partial charge in [0.05, 0.1) is 19.3 Å². The van der Waals surface area contributed by atoms with Crippen LogP contribution in [-0.4, -0.2) is 37.4 Å². The SMILES string of the molecule is CNC(Cc1ncc(C)c(OC)c1C)C1CCC(C)O1. The van der Waals surface area contributed by atoms with Gasteiger partial charge in [0, 0.05) is 35.5 Å². The van der Waals surface area contributed by atoms with E-state index in [1.54, 1.807) is 7.11 Å². The third kappa shape index (κ3) is 3.13. The molecule has 0 aliphatic carbocycles. The average molecular weight is 278 g/mol. The summed E-state index contributed by atoms with van der Waals surface area (Å²) in [6.45, 7) is 6.25. The van der Waals surface area contributed by atoms with Crippen molar-refractivity contribution in [1.82, 2.24) is 10.3 Å². The first-order valence-electron chi connectivity index (χ1n) is 7.38. The molecule has 1 saturated heterocycles. The fourth-order valence-electron chi connectivity index (χ4n) is 3.03. The van der Waals surface area contributed by atoms with Crippen molar-refractivity contribution in [2.24, 2.45) is 0 Å². The van der Waals surface area contributed by atoms with Crippen LogP contribution in [0.2, 0.25) is 0 Å². The van der Waals surface area contributed by atoms with Crippen molar-refractivity contribution in [3.05, 3.63) is 23.0 Å². The molecule has 20 heavy (non-hydrogen) atoms. The van der Waals surface area contributed by atoms with Crippen LogP contribution in [-0.2, 0) is 11.2 Å². The van der Waals surface area contributed by atoms with E-state index in [0.717, 1.165) is 41.8 Å². The lowest BCUT2D eigenvalue weighted by Gasteiger charge is -2.24. The predicted octanol–water partition coefficient (Wildman–Crippen LogP) is 2.41. The standard InChI is InChI=1S/C16H26N2O2/c1-10-9-18-13(12(3)16(10)19-5)8-14(17-4)15-7-6-11(2)20-15/h9,11,14-15,17H,6-8H2,1-5H3. The fourth-order valence-corrected chi connectivity index (χ4v) is 3.03. The number of aryl methyl sites for hydroxylation is 1. The van der Waals surface area contributed by atoms with Crippen molar-refractivity contribution >= 4 is 0 Å². The van der Waals surface area contributed by atoms with Crippen molar-refractivity contribution in [3.63, 3.8) is 0 Å². The van der Waals surface area contributed by atoms with Crippen LogP contribution >= 0.6 is 0 Å². The summed E-state index contributed by atoms with van der Waals surface area (Å²) >= 11 is 0.